The maximum Gasteiger partial charge on any atom is 0.259 e. The van der Waals surface area contributed by atoms with E-state index in [0.29, 0.717) is 24.1 Å². The number of benzene rings is 2. The molecule has 0 saturated heterocycles. The molecule has 4 aromatic rings. The summed E-state index contributed by atoms with van der Waals surface area (Å²) >= 11 is 0. The Labute approximate surface area is 149 Å². The molecule has 0 unspecified atom stereocenters. The molecule has 3 N–H and O–H groups in total. The molecule has 0 spiro atoms. The van der Waals surface area contributed by atoms with Crippen LogP contribution in [0.25, 0.3) is 17.2 Å². The van der Waals surface area contributed by atoms with Gasteiger partial charge in [-0.3, -0.25) is 0 Å². The van der Waals surface area contributed by atoms with E-state index in [1.54, 1.807) is 7.11 Å². The number of ether oxygens (including phenoxy) is 1. The van der Waals surface area contributed by atoms with Gasteiger partial charge in [0.05, 0.1) is 7.11 Å². The van der Waals surface area contributed by atoms with E-state index in [2.05, 4.69) is 25.4 Å². The van der Waals surface area contributed by atoms with E-state index in [4.69, 9.17) is 10.5 Å². The summed E-state index contributed by atoms with van der Waals surface area (Å²) in [6.07, 6.45) is 0. The van der Waals surface area contributed by atoms with Gasteiger partial charge in [-0.2, -0.15) is 19.5 Å². The van der Waals surface area contributed by atoms with Crippen molar-refractivity contribution in [2.45, 2.75) is 6.54 Å². The number of rotatable bonds is 5. The summed E-state index contributed by atoms with van der Waals surface area (Å²) in [5, 5.41) is 7.55. The number of nitrogens with one attached hydrogen (secondary N) is 1. The second-order valence-corrected chi connectivity index (χ2v) is 5.62. The van der Waals surface area contributed by atoms with E-state index in [1.807, 2.05) is 54.6 Å². The SMILES string of the molecule is COc1cccc(-c2nc3nc(NCc4ccccc4)nc(N)n3n2)c1. The number of aromatic nitrogens is 5. The summed E-state index contributed by atoms with van der Waals surface area (Å²) in [5.41, 5.74) is 7.95. The van der Waals surface area contributed by atoms with Gasteiger partial charge in [-0.1, -0.05) is 42.5 Å². The maximum absolute atomic E-state index is 6.02. The molecule has 0 aliphatic heterocycles. The van der Waals surface area contributed by atoms with Gasteiger partial charge in [0, 0.05) is 12.1 Å². The zero-order valence-electron chi connectivity index (χ0n) is 14.1. The second-order valence-electron chi connectivity index (χ2n) is 5.62. The molecule has 0 bridgehead atoms. The molecule has 0 aliphatic carbocycles. The second kappa shape index (κ2) is 6.67. The minimum Gasteiger partial charge on any atom is -0.497 e. The predicted octanol–water partition coefficient (Wildman–Crippen LogP) is 2.39. The van der Waals surface area contributed by atoms with Crippen LogP contribution >= 0.6 is 0 Å². The molecule has 2 aromatic carbocycles. The first-order chi connectivity index (χ1) is 12.7. The fourth-order valence-electron chi connectivity index (χ4n) is 2.55. The largest absolute Gasteiger partial charge is 0.497 e. The van der Waals surface area contributed by atoms with Crippen LogP contribution in [0.3, 0.4) is 0 Å². The lowest BCUT2D eigenvalue weighted by atomic mass is 10.2. The molecule has 0 saturated carbocycles. The van der Waals surface area contributed by atoms with Crippen molar-refractivity contribution < 1.29 is 4.74 Å². The van der Waals surface area contributed by atoms with Crippen LogP contribution < -0.4 is 15.8 Å². The third-order valence-electron chi connectivity index (χ3n) is 3.85. The van der Waals surface area contributed by atoms with Crippen LogP contribution in [0.5, 0.6) is 5.75 Å². The Morgan fingerprint density at radius 2 is 1.88 bits per heavy atom. The zero-order chi connectivity index (χ0) is 17.9. The summed E-state index contributed by atoms with van der Waals surface area (Å²) in [5.74, 6) is 2.23. The van der Waals surface area contributed by atoms with Gasteiger partial charge in [0.1, 0.15) is 5.75 Å². The van der Waals surface area contributed by atoms with E-state index in [-0.39, 0.29) is 5.95 Å². The van der Waals surface area contributed by atoms with Crippen molar-refractivity contribution in [2.75, 3.05) is 18.2 Å². The number of nitrogens with two attached hydrogens (primary N) is 1. The number of anilines is 2. The number of nitrogens with zero attached hydrogens (tertiary/aromatic N) is 5. The predicted molar refractivity (Wildman–Crippen MR) is 98.7 cm³/mol. The molecule has 2 heterocycles. The minimum atomic E-state index is 0.215. The number of hydrogen-bond acceptors (Lipinski definition) is 7. The molecule has 130 valence electrons. The quantitative estimate of drug-likeness (QED) is 0.571. The molecule has 0 radical (unpaired) electrons. The summed E-state index contributed by atoms with van der Waals surface area (Å²) in [6.45, 7) is 0.591. The summed E-state index contributed by atoms with van der Waals surface area (Å²) in [6, 6.07) is 17.5. The van der Waals surface area contributed by atoms with Crippen molar-refractivity contribution >= 4 is 17.7 Å². The Balaban J connectivity index is 1.64. The molecular formula is C18H17N7O. The first-order valence-corrected chi connectivity index (χ1v) is 8.05. The summed E-state index contributed by atoms with van der Waals surface area (Å²) in [7, 11) is 1.62. The highest BCUT2D eigenvalue weighted by Crippen LogP contribution is 2.22. The number of nitrogen functional groups attached to an aromatic ring is 1. The average Bonchev–Trinajstić information content (AvgIpc) is 3.12. The van der Waals surface area contributed by atoms with Gasteiger partial charge in [0.15, 0.2) is 5.82 Å². The molecule has 0 atom stereocenters. The number of methoxy groups -OCH3 is 1. The standard InChI is InChI=1S/C18H17N7O/c1-26-14-9-5-8-13(10-14)15-21-18-23-17(22-16(19)25(18)24-15)20-11-12-6-3-2-4-7-12/h2-10H,11H2,1H3,(H3,19,20,21,22,23,24). The minimum absolute atomic E-state index is 0.215. The highest BCUT2D eigenvalue weighted by atomic mass is 16.5. The molecule has 0 amide bonds. The average molecular weight is 347 g/mol. The monoisotopic (exact) mass is 347 g/mol. The first kappa shape index (κ1) is 15.8. The molecule has 8 heteroatoms. The molecule has 0 fully saturated rings. The molecule has 26 heavy (non-hydrogen) atoms. The Kier molecular flexibility index (Phi) is 4.06. The molecule has 4 rings (SSSR count). The topological polar surface area (TPSA) is 103 Å². The van der Waals surface area contributed by atoms with Crippen molar-refractivity contribution in [1.82, 2.24) is 24.6 Å². The van der Waals surface area contributed by atoms with Gasteiger partial charge in [0.2, 0.25) is 11.9 Å². The normalized spacial score (nSPS) is 10.8. The van der Waals surface area contributed by atoms with Crippen LogP contribution in [-0.2, 0) is 6.54 Å². The van der Waals surface area contributed by atoms with Crippen molar-refractivity contribution in [3.63, 3.8) is 0 Å². The van der Waals surface area contributed by atoms with Gasteiger partial charge >= 0.3 is 0 Å². The van der Waals surface area contributed by atoms with E-state index in [1.165, 1.54) is 4.52 Å². The van der Waals surface area contributed by atoms with Crippen molar-refractivity contribution in [2.24, 2.45) is 0 Å². The van der Waals surface area contributed by atoms with Gasteiger partial charge in [-0.15, -0.1) is 5.10 Å². The smallest absolute Gasteiger partial charge is 0.259 e. The van der Waals surface area contributed by atoms with Gasteiger partial charge in [-0.05, 0) is 17.7 Å². The van der Waals surface area contributed by atoms with Crippen molar-refractivity contribution in [1.29, 1.82) is 0 Å². The van der Waals surface area contributed by atoms with E-state index in [0.717, 1.165) is 16.9 Å². The highest BCUT2D eigenvalue weighted by molar-refractivity contribution is 5.60. The fraction of sp³-hybridized carbons (Fsp3) is 0.111. The fourth-order valence-corrected chi connectivity index (χ4v) is 2.55. The summed E-state index contributed by atoms with van der Waals surface area (Å²) in [4.78, 5) is 13.1. The highest BCUT2D eigenvalue weighted by Gasteiger charge is 2.12. The van der Waals surface area contributed by atoms with E-state index >= 15 is 0 Å². The molecule has 8 nitrogen and oxygen atoms in total. The van der Waals surface area contributed by atoms with E-state index < -0.39 is 0 Å². The lowest BCUT2D eigenvalue weighted by Crippen LogP contribution is -2.09. The Bertz CT molecular complexity index is 1050. The lowest BCUT2D eigenvalue weighted by Gasteiger charge is -2.05. The molecular weight excluding hydrogens is 330 g/mol. The Morgan fingerprint density at radius 1 is 1.04 bits per heavy atom. The third-order valence-corrected chi connectivity index (χ3v) is 3.85. The summed E-state index contributed by atoms with van der Waals surface area (Å²) < 4.78 is 6.66. The first-order valence-electron chi connectivity index (χ1n) is 8.05. The van der Waals surface area contributed by atoms with Crippen LogP contribution in [0, 0.1) is 0 Å². The van der Waals surface area contributed by atoms with Crippen LogP contribution in [-0.4, -0.2) is 31.7 Å². The van der Waals surface area contributed by atoms with Gasteiger partial charge in [0.25, 0.3) is 5.78 Å². The third kappa shape index (κ3) is 3.12. The van der Waals surface area contributed by atoms with Crippen LogP contribution in [0.15, 0.2) is 54.6 Å². The number of fused-ring (bicyclic) bond motifs is 1. The lowest BCUT2D eigenvalue weighted by molar-refractivity contribution is 0.415. The number of hydrogen-bond donors (Lipinski definition) is 2. The zero-order valence-corrected chi connectivity index (χ0v) is 14.1. The molecule has 2 aromatic heterocycles. The Morgan fingerprint density at radius 3 is 2.69 bits per heavy atom. The van der Waals surface area contributed by atoms with Gasteiger partial charge in [-0.25, -0.2) is 0 Å². The Hall–Kier alpha value is -3.68. The van der Waals surface area contributed by atoms with Crippen molar-refractivity contribution in [3.8, 4) is 17.1 Å². The van der Waals surface area contributed by atoms with Crippen LogP contribution in [0.1, 0.15) is 5.56 Å². The van der Waals surface area contributed by atoms with Crippen LogP contribution in [0.2, 0.25) is 0 Å². The molecule has 0 aliphatic rings. The van der Waals surface area contributed by atoms with Crippen molar-refractivity contribution in [3.05, 3.63) is 60.2 Å². The van der Waals surface area contributed by atoms with Crippen LogP contribution in [0.4, 0.5) is 11.9 Å². The van der Waals surface area contributed by atoms with E-state index in [9.17, 15) is 0 Å². The van der Waals surface area contributed by atoms with Gasteiger partial charge < -0.3 is 15.8 Å². The maximum atomic E-state index is 6.02.